The minimum atomic E-state index is -1.37. The maximum absolute atomic E-state index is 13.4. The molecule has 4 fully saturated rings. The Bertz CT molecular complexity index is 618. The van der Waals surface area contributed by atoms with Crippen LogP contribution in [-0.2, 0) is 9.59 Å². The second-order valence-corrected chi connectivity index (χ2v) is 10.1. The number of hydrogen-bond acceptors (Lipinski definition) is 4. The van der Waals surface area contributed by atoms with Crippen LogP contribution in [-0.4, -0.2) is 39.3 Å². The zero-order valence-electron chi connectivity index (χ0n) is 15.9. The summed E-state index contributed by atoms with van der Waals surface area (Å²) in [6.07, 6.45) is 4.99. The van der Waals surface area contributed by atoms with E-state index in [-0.39, 0.29) is 29.1 Å². The van der Waals surface area contributed by atoms with Crippen LogP contribution in [0, 0.1) is 40.4 Å². The standard InChI is InChI=1S/C21H32O5/c1-20-8-7-12(22)9-11(20)3-4-13-14-5-6-15(18(24)19(25)26)21(14,2)10-16(23)17(13)20/h11-15,17-18,22,24H,3-10H2,1-2H3,(H,25,26)/t11-,12-,13+,14+,15-,17-,18?,20+,21+/m1/s1. The van der Waals surface area contributed by atoms with Gasteiger partial charge in [0.1, 0.15) is 5.78 Å². The van der Waals surface area contributed by atoms with E-state index in [0.29, 0.717) is 30.6 Å². The van der Waals surface area contributed by atoms with Crippen molar-refractivity contribution >= 4 is 11.8 Å². The molecule has 0 saturated heterocycles. The Balaban J connectivity index is 1.65. The summed E-state index contributed by atoms with van der Waals surface area (Å²) in [4.78, 5) is 24.7. The first kappa shape index (κ1) is 18.4. The van der Waals surface area contributed by atoms with Crippen molar-refractivity contribution in [2.75, 3.05) is 0 Å². The Kier molecular flexibility index (Phi) is 4.27. The highest BCUT2D eigenvalue weighted by molar-refractivity contribution is 5.84. The van der Waals surface area contributed by atoms with E-state index in [1.54, 1.807) is 0 Å². The van der Waals surface area contributed by atoms with Crippen molar-refractivity contribution in [2.45, 2.75) is 77.4 Å². The molecule has 5 heteroatoms. The molecule has 0 aromatic rings. The van der Waals surface area contributed by atoms with Gasteiger partial charge in [-0.3, -0.25) is 4.79 Å². The Morgan fingerprint density at radius 2 is 1.85 bits per heavy atom. The topological polar surface area (TPSA) is 94.8 Å². The number of hydrogen-bond donors (Lipinski definition) is 3. The number of carbonyl (C=O) groups excluding carboxylic acids is 1. The van der Waals surface area contributed by atoms with Crippen LogP contribution in [0.5, 0.6) is 0 Å². The van der Waals surface area contributed by atoms with Crippen LogP contribution in [0.4, 0.5) is 0 Å². The van der Waals surface area contributed by atoms with Crippen molar-refractivity contribution in [3.8, 4) is 0 Å². The number of fused-ring (bicyclic) bond motifs is 5. The molecule has 9 atom stereocenters. The molecule has 0 spiro atoms. The normalized spacial score (nSPS) is 51.9. The molecule has 0 bridgehead atoms. The summed E-state index contributed by atoms with van der Waals surface area (Å²) in [6, 6.07) is 0. The summed E-state index contributed by atoms with van der Waals surface area (Å²) in [5, 5.41) is 29.6. The molecule has 0 aromatic heterocycles. The number of carboxylic acid groups (broad SMARTS) is 1. The first-order chi connectivity index (χ1) is 12.2. The molecule has 4 aliphatic rings. The van der Waals surface area contributed by atoms with Crippen molar-refractivity contribution in [1.29, 1.82) is 0 Å². The summed E-state index contributed by atoms with van der Waals surface area (Å²) < 4.78 is 0. The van der Waals surface area contributed by atoms with Gasteiger partial charge in [0.15, 0.2) is 6.10 Å². The minimum Gasteiger partial charge on any atom is -0.479 e. The Labute approximate surface area is 155 Å². The van der Waals surface area contributed by atoms with Crippen LogP contribution in [0.25, 0.3) is 0 Å². The van der Waals surface area contributed by atoms with Gasteiger partial charge < -0.3 is 15.3 Å². The number of aliphatic hydroxyl groups is 2. The van der Waals surface area contributed by atoms with E-state index in [9.17, 15) is 24.9 Å². The Hall–Kier alpha value is -0.940. The predicted molar refractivity (Wildman–Crippen MR) is 95.3 cm³/mol. The van der Waals surface area contributed by atoms with Crippen LogP contribution in [0.3, 0.4) is 0 Å². The molecule has 3 N–H and O–H groups in total. The van der Waals surface area contributed by atoms with E-state index in [1.165, 1.54) is 0 Å². The first-order valence-corrected chi connectivity index (χ1v) is 10.3. The number of aliphatic hydroxyl groups excluding tert-OH is 2. The highest BCUT2D eigenvalue weighted by Crippen LogP contribution is 2.66. The van der Waals surface area contributed by atoms with Crippen molar-refractivity contribution < 1.29 is 24.9 Å². The molecule has 4 saturated carbocycles. The predicted octanol–water partition coefficient (Wildman–Crippen LogP) is 2.63. The van der Waals surface area contributed by atoms with Gasteiger partial charge in [-0.05, 0) is 73.5 Å². The van der Waals surface area contributed by atoms with Gasteiger partial charge in [0.05, 0.1) is 6.10 Å². The molecule has 146 valence electrons. The second kappa shape index (κ2) is 6.03. The van der Waals surface area contributed by atoms with E-state index in [4.69, 9.17) is 0 Å². The fraction of sp³-hybridized carbons (Fsp3) is 0.905. The third-order valence-electron chi connectivity index (χ3n) is 9.03. The number of carboxylic acids is 1. The summed E-state index contributed by atoms with van der Waals surface area (Å²) in [5.74, 6) is -0.105. The minimum absolute atomic E-state index is 0.0237. The smallest absolute Gasteiger partial charge is 0.332 e. The van der Waals surface area contributed by atoms with Crippen molar-refractivity contribution in [3.05, 3.63) is 0 Å². The van der Waals surface area contributed by atoms with Gasteiger partial charge in [-0.15, -0.1) is 0 Å². The van der Waals surface area contributed by atoms with Gasteiger partial charge >= 0.3 is 5.97 Å². The van der Waals surface area contributed by atoms with E-state index in [2.05, 4.69) is 13.8 Å². The first-order valence-electron chi connectivity index (χ1n) is 10.3. The molecule has 0 amide bonds. The molecule has 0 heterocycles. The average Bonchev–Trinajstić information content (AvgIpc) is 2.90. The Morgan fingerprint density at radius 1 is 1.12 bits per heavy atom. The van der Waals surface area contributed by atoms with Crippen LogP contribution in [0.2, 0.25) is 0 Å². The lowest BCUT2D eigenvalue weighted by atomic mass is 9.44. The van der Waals surface area contributed by atoms with Crippen LogP contribution in [0.15, 0.2) is 0 Å². The highest BCUT2D eigenvalue weighted by Gasteiger charge is 2.64. The maximum atomic E-state index is 13.4. The Morgan fingerprint density at radius 3 is 2.54 bits per heavy atom. The summed E-state index contributed by atoms with van der Waals surface area (Å²) in [6.45, 7) is 4.31. The number of aliphatic carboxylic acids is 1. The molecule has 26 heavy (non-hydrogen) atoms. The molecular formula is C21H32O5. The van der Waals surface area contributed by atoms with Gasteiger partial charge in [-0.2, -0.15) is 0 Å². The number of carbonyl (C=O) groups is 2. The molecule has 5 nitrogen and oxygen atoms in total. The largest absolute Gasteiger partial charge is 0.479 e. The molecule has 1 unspecified atom stereocenters. The van der Waals surface area contributed by atoms with E-state index < -0.39 is 17.5 Å². The molecule has 0 aromatic carbocycles. The van der Waals surface area contributed by atoms with Crippen LogP contribution < -0.4 is 0 Å². The number of Topliss-reactive ketones (excluding diaryl/α,β-unsaturated/α-hetero) is 1. The molecule has 4 rings (SSSR count). The summed E-state index contributed by atoms with van der Waals surface area (Å²) in [7, 11) is 0. The fourth-order valence-corrected chi connectivity index (χ4v) is 7.78. The van der Waals surface area contributed by atoms with Gasteiger partial charge in [0.2, 0.25) is 0 Å². The highest BCUT2D eigenvalue weighted by atomic mass is 16.4. The average molecular weight is 364 g/mol. The lowest BCUT2D eigenvalue weighted by Gasteiger charge is -2.60. The van der Waals surface area contributed by atoms with E-state index in [0.717, 1.165) is 38.5 Å². The molecule has 0 aliphatic heterocycles. The van der Waals surface area contributed by atoms with Crippen LogP contribution in [0.1, 0.15) is 65.2 Å². The van der Waals surface area contributed by atoms with Gasteiger partial charge in [0.25, 0.3) is 0 Å². The maximum Gasteiger partial charge on any atom is 0.332 e. The van der Waals surface area contributed by atoms with Crippen LogP contribution >= 0.6 is 0 Å². The fourth-order valence-electron chi connectivity index (χ4n) is 7.78. The second-order valence-electron chi connectivity index (χ2n) is 10.1. The van der Waals surface area contributed by atoms with E-state index >= 15 is 0 Å². The van der Waals surface area contributed by atoms with Gasteiger partial charge in [-0.1, -0.05) is 13.8 Å². The summed E-state index contributed by atoms with van der Waals surface area (Å²) >= 11 is 0. The van der Waals surface area contributed by atoms with Crippen molar-refractivity contribution in [1.82, 2.24) is 0 Å². The quantitative estimate of drug-likeness (QED) is 0.700. The monoisotopic (exact) mass is 364 g/mol. The van der Waals surface area contributed by atoms with Gasteiger partial charge in [0, 0.05) is 18.3 Å². The van der Waals surface area contributed by atoms with Crippen molar-refractivity contribution in [3.63, 3.8) is 0 Å². The third kappa shape index (κ3) is 2.42. The lowest BCUT2D eigenvalue weighted by Crippen LogP contribution is -2.58. The van der Waals surface area contributed by atoms with Crippen molar-refractivity contribution in [2.24, 2.45) is 40.4 Å². The zero-order valence-corrected chi connectivity index (χ0v) is 15.9. The molecule has 4 aliphatic carbocycles. The lowest BCUT2D eigenvalue weighted by molar-refractivity contribution is -0.168. The zero-order chi connectivity index (χ0) is 18.9. The SMILES string of the molecule is C[C@]12CC[C@@H](O)C[C@H]1CC[C@H]1[C@@H]3CC[C@H](C(O)C(=O)O)[C@@]3(C)CC(=O)[C@@H]12. The number of ketones is 1. The number of rotatable bonds is 2. The van der Waals surface area contributed by atoms with Gasteiger partial charge in [-0.25, -0.2) is 4.79 Å². The molecular weight excluding hydrogens is 332 g/mol. The van der Waals surface area contributed by atoms with E-state index in [1.807, 2.05) is 0 Å². The summed E-state index contributed by atoms with van der Waals surface area (Å²) in [5.41, 5.74) is -0.419. The molecule has 0 radical (unpaired) electrons. The third-order valence-corrected chi connectivity index (χ3v) is 9.03.